The number of rotatable bonds is 5. The highest BCUT2D eigenvalue weighted by atomic mass is 16.5. The number of aromatic nitrogens is 3. The van der Waals surface area contributed by atoms with Gasteiger partial charge in [0, 0.05) is 30.3 Å². The summed E-state index contributed by atoms with van der Waals surface area (Å²) in [6.07, 6.45) is 1.47. The van der Waals surface area contributed by atoms with Crippen molar-refractivity contribution in [3.63, 3.8) is 0 Å². The van der Waals surface area contributed by atoms with Gasteiger partial charge in [0.15, 0.2) is 0 Å². The molecule has 1 N–H and O–H groups in total. The van der Waals surface area contributed by atoms with Crippen LogP contribution in [0.2, 0.25) is 0 Å². The van der Waals surface area contributed by atoms with E-state index in [1.807, 2.05) is 42.2 Å². The normalized spacial score (nSPS) is 14.9. The monoisotopic (exact) mass is 405 g/mol. The molecule has 0 unspecified atom stereocenters. The molecule has 0 saturated carbocycles. The summed E-state index contributed by atoms with van der Waals surface area (Å²) in [4.78, 5) is 23.5. The van der Waals surface area contributed by atoms with Crippen molar-refractivity contribution in [2.75, 3.05) is 23.3 Å². The summed E-state index contributed by atoms with van der Waals surface area (Å²) in [6.45, 7) is 7.65. The van der Waals surface area contributed by atoms with Crippen molar-refractivity contribution in [1.29, 1.82) is 0 Å². The molecule has 1 aliphatic rings. The van der Waals surface area contributed by atoms with Crippen LogP contribution in [0.4, 0.5) is 11.8 Å². The molecule has 1 fully saturated rings. The largest absolute Gasteiger partial charge is 0.324 e. The van der Waals surface area contributed by atoms with Gasteiger partial charge in [-0.1, -0.05) is 49.3 Å². The highest BCUT2D eigenvalue weighted by molar-refractivity contribution is 5.91. The molecule has 3 aromatic rings. The Morgan fingerprint density at radius 1 is 1.10 bits per heavy atom. The Bertz CT molecular complexity index is 1000. The van der Waals surface area contributed by atoms with E-state index in [0.717, 1.165) is 24.1 Å². The SMILES string of the molecule is Cc1cccc(NC(=O)C2CCN(c3nc(-c4ccc(C(C)C)cc4)no3)CC2)n1. The van der Waals surface area contributed by atoms with Gasteiger partial charge in [-0.05, 0) is 43.4 Å². The molecule has 1 aliphatic heterocycles. The average Bonchev–Trinajstić information content (AvgIpc) is 3.24. The van der Waals surface area contributed by atoms with Crippen molar-refractivity contribution >= 4 is 17.7 Å². The van der Waals surface area contributed by atoms with Crippen LogP contribution in [0.1, 0.15) is 43.9 Å². The maximum absolute atomic E-state index is 12.6. The summed E-state index contributed by atoms with van der Waals surface area (Å²) >= 11 is 0. The van der Waals surface area contributed by atoms with Gasteiger partial charge >= 0.3 is 6.01 Å². The summed E-state index contributed by atoms with van der Waals surface area (Å²) < 4.78 is 5.50. The van der Waals surface area contributed by atoms with Gasteiger partial charge in [-0.25, -0.2) is 4.98 Å². The first kappa shape index (κ1) is 20.1. The lowest BCUT2D eigenvalue weighted by Gasteiger charge is -2.29. The molecule has 7 nitrogen and oxygen atoms in total. The smallest absolute Gasteiger partial charge is 0.324 e. The zero-order valence-corrected chi connectivity index (χ0v) is 17.6. The van der Waals surface area contributed by atoms with Crippen LogP contribution in [-0.2, 0) is 4.79 Å². The van der Waals surface area contributed by atoms with Crippen molar-refractivity contribution in [1.82, 2.24) is 15.1 Å². The fraction of sp³-hybridized carbons (Fsp3) is 0.391. The molecule has 1 saturated heterocycles. The van der Waals surface area contributed by atoms with Crippen molar-refractivity contribution < 1.29 is 9.32 Å². The maximum Gasteiger partial charge on any atom is 0.324 e. The van der Waals surface area contributed by atoms with Crippen LogP contribution in [-0.4, -0.2) is 34.1 Å². The summed E-state index contributed by atoms with van der Waals surface area (Å²) in [6, 6.07) is 14.4. The third-order valence-corrected chi connectivity index (χ3v) is 5.53. The van der Waals surface area contributed by atoms with E-state index in [9.17, 15) is 4.79 Å². The minimum atomic E-state index is -0.0467. The summed E-state index contributed by atoms with van der Waals surface area (Å²) in [5, 5.41) is 7.06. The zero-order chi connectivity index (χ0) is 21.1. The molecular formula is C23H27N5O2. The number of piperidine rings is 1. The lowest BCUT2D eigenvalue weighted by molar-refractivity contribution is -0.120. The number of nitrogens with one attached hydrogen (secondary N) is 1. The predicted molar refractivity (Wildman–Crippen MR) is 116 cm³/mol. The van der Waals surface area contributed by atoms with E-state index in [0.29, 0.717) is 36.7 Å². The lowest BCUT2D eigenvalue weighted by atomic mass is 9.96. The second kappa shape index (κ2) is 8.65. The number of carbonyl (C=O) groups excluding carboxylic acids is 1. The molecule has 0 spiro atoms. The number of carbonyl (C=O) groups is 1. The number of hydrogen-bond donors (Lipinski definition) is 1. The first-order valence-electron chi connectivity index (χ1n) is 10.4. The van der Waals surface area contributed by atoms with Gasteiger partial charge in [0.05, 0.1) is 0 Å². The minimum absolute atomic E-state index is 0.0178. The van der Waals surface area contributed by atoms with Crippen molar-refractivity contribution in [3.8, 4) is 11.4 Å². The highest BCUT2D eigenvalue weighted by Gasteiger charge is 2.28. The van der Waals surface area contributed by atoms with Crippen LogP contribution in [0, 0.1) is 12.8 Å². The molecule has 3 heterocycles. The topological polar surface area (TPSA) is 84.2 Å². The zero-order valence-electron chi connectivity index (χ0n) is 17.6. The van der Waals surface area contributed by atoms with Gasteiger partial charge in [0.2, 0.25) is 11.7 Å². The van der Waals surface area contributed by atoms with E-state index in [2.05, 4.69) is 46.4 Å². The second-order valence-corrected chi connectivity index (χ2v) is 8.09. The number of amides is 1. The Morgan fingerprint density at radius 3 is 2.50 bits per heavy atom. The second-order valence-electron chi connectivity index (χ2n) is 8.09. The van der Waals surface area contributed by atoms with Crippen LogP contribution in [0.5, 0.6) is 0 Å². The van der Waals surface area contributed by atoms with Gasteiger partial charge in [-0.3, -0.25) is 4.79 Å². The minimum Gasteiger partial charge on any atom is -0.324 e. The summed E-state index contributed by atoms with van der Waals surface area (Å²) in [5.74, 6) is 1.65. The van der Waals surface area contributed by atoms with Gasteiger partial charge in [-0.2, -0.15) is 4.98 Å². The molecule has 0 aliphatic carbocycles. The first-order chi connectivity index (χ1) is 14.5. The maximum atomic E-state index is 12.6. The average molecular weight is 406 g/mol. The summed E-state index contributed by atoms with van der Waals surface area (Å²) in [5.41, 5.74) is 3.10. The van der Waals surface area contributed by atoms with Crippen LogP contribution in [0.25, 0.3) is 11.4 Å². The Hall–Kier alpha value is -3.22. The number of benzene rings is 1. The fourth-order valence-corrected chi connectivity index (χ4v) is 3.65. The third-order valence-electron chi connectivity index (χ3n) is 5.53. The van der Waals surface area contributed by atoms with Gasteiger partial charge < -0.3 is 14.7 Å². The van der Waals surface area contributed by atoms with Crippen LogP contribution in [0.3, 0.4) is 0 Å². The highest BCUT2D eigenvalue weighted by Crippen LogP contribution is 2.26. The van der Waals surface area contributed by atoms with E-state index in [-0.39, 0.29) is 11.8 Å². The Balaban J connectivity index is 1.35. The predicted octanol–water partition coefficient (Wildman–Crippen LogP) is 4.42. The Morgan fingerprint density at radius 2 is 1.83 bits per heavy atom. The van der Waals surface area contributed by atoms with Crippen LogP contribution >= 0.6 is 0 Å². The molecule has 0 bridgehead atoms. The number of anilines is 2. The molecule has 4 rings (SSSR count). The van der Waals surface area contributed by atoms with Crippen molar-refractivity contribution in [2.45, 2.75) is 39.5 Å². The first-order valence-corrected chi connectivity index (χ1v) is 10.4. The molecule has 156 valence electrons. The molecule has 2 aromatic heterocycles. The number of aryl methyl sites for hydroxylation is 1. The lowest BCUT2D eigenvalue weighted by Crippen LogP contribution is -2.38. The molecule has 0 atom stereocenters. The molecular weight excluding hydrogens is 378 g/mol. The number of hydrogen-bond acceptors (Lipinski definition) is 6. The Labute approximate surface area is 176 Å². The van der Waals surface area contributed by atoms with E-state index < -0.39 is 0 Å². The van der Waals surface area contributed by atoms with E-state index in [4.69, 9.17) is 4.52 Å². The summed E-state index contributed by atoms with van der Waals surface area (Å²) in [7, 11) is 0. The van der Waals surface area contributed by atoms with Gasteiger partial charge in [0.1, 0.15) is 5.82 Å². The van der Waals surface area contributed by atoms with Crippen molar-refractivity contribution in [3.05, 3.63) is 53.7 Å². The van der Waals surface area contributed by atoms with Crippen molar-refractivity contribution in [2.24, 2.45) is 5.92 Å². The molecule has 30 heavy (non-hydrogen) atoms. The van der Waals surface area contributed by atoms with Gasteiger partial charge in [-0.15, -0.1) is 0 Å². The number of pyridine rings is 1. The van der Waals surface area contributed by atoms with E-state index in [1.54, 1.807) is 0 Å². The third kappa shape index (κ3) is 4.50. The van der Waals surface area contributed by atoms with E-state index >= 15 is 0 Å². The van der Waals surface area contributed by atoms with Gasteiger partial charge in [0.25, 0.3) is 0 Å². The quantitative estimate of drug-likeness (QED) is 0.676. The van der Waals surface area contributed by atoms with Crippen LogP contribution < -0.4 is 10.2 Å². The fourth-order valence-electron chi connectivity index (χ4n) is 3.65. The van der Waals surface area contributed by atoms with E-state index in [1.165, 1.54) is 5.56 Å². The molecule has 1 aromatic carbocycles. The molecule has 1 amide bonds. The number of nitrogens with zero attached hydrogens (tertiary/aromatic N) is 4. The standard InChI is InChI=1S/C23H27N5O2/c1-15(2)17-7-9-18(10-8-17)21-26-23(30-27-21)28-13-11-19(12-14-28)22(29)25-20-6-4-5-16(3)24-20/h4-10,15,19H,11-14H2,1-3H3,(H,24,25,29). The molecule has 7 heteroatoms. The Kier molecular flexibility index (Phi) is 5.79. The molecule has 0 radical (unpaired) electrons. The van der Waals surface area contributed by atoms with Crippen LogP contribution in [0.15, 0.2) is 47.0 Å².